The minimum absolute atomic E-state index is 0.0874. The highest BCUT2D eigenvalue weighted by atomic mass is 35.5. The van der Waals surface area contributed by atoms with Gasteiger partial charge in [0.25, 0.3) is 0 Å². The summed E-state index contributed by atoms with van der Waals surface area (Å²) in [7, 11) is 1.59. The number of pyridine rings is 2. The number of alkyl halides is 1. The summed E-state index contributed by atoms with van der Waals surface area (Å²) in [6.07, 6.45) is 7.76. The van der Waals surface area contributed by atoms with Gasteiger partial charge in [0.15, 0.2) is 0 Å². The van der Waals surface area contributed by atoms with Crippen molar-refractivity contribution >= 4 is 34.3 Å². The molecule has 1 aliphatic heterocycles. The van der Waals surface area contributed by atoms with Gasteiger partial charge in [0, 0.05) is 41.0 Å². The lowest BCUT2D eigenvalue weighted by molar-refractivity contribution is 0.0304. The second kappa shape index (κ2) is 12.3. The van der Waals surface area contributed by atoms with Crippen molar-refractivity contribution in [1.82, 2.24) is 14.9 Å². The number of hydrogen-bond acceptors (Lipinski definition) is 6. The van der Waals surface area contributed by atoms with E-state index in [9.17, 15) is 5.11 Å². The number of aromatic nitrogens is 2. The molecule has 0 radical (unpaired) electrons. The number of rotatable bonds is 11. The van der Waals surface area contributed by atoms with Crippen LogP contribution in [0.2, 0.25) is 5.02 Å². The predicted molar refractivity (Wildman–Crippen MR) is 141 cm³/mol. The molecule has 5 nitrogen and oxygen atoms in total. The zero-order chi connectivity index (χ0) is 24.7. The first-order chi connectivity index (χ1) is 17.0. The first kappa shape index (κ1) is 26.1. The van der Waals surface area contributed by atoms with E-state index in [2.05, 4.69) is 14.9 Å². The maximum Gasteiger partial charge on any atom is 0.127 e. The van der Waals surface area contributed by atoms with Crippen LogP contribution < -0.4 is 4.74 Å². The number of benzene rings is 1. The molecule has 0 bridgehead atoms. The third-order valence-corrected chi connectivity index (χ3v) is 8.50. The van der Waals surface area contributed by atoms with Gasteiger partial charge in [-0.1, -0.05) is 11.6 Å². The molecular formula is C27H33ClFN3O2S. The Morgan fingerprint density at radius 1 is 1.23 bits per heavy atom. The topological polar surface area (TPSA) is 58.5 Å². The van der Waals surface area contributed by atoms with E-state index >= 15 is 4.39 Å². The van der Waals surface area contributed by atoms with E-state index in [1.807, 2.05) is 48.4 Å². The number of methoxy groups -OCH3 is 1. The lowest BCUT2D eigenvalue weighted by Gasteiger charge is -2.41. The van der Waals surface area contributed by atoms with E-state index in [1.54, 1.807) is 13.2 Å². The first-order valence-electron chi connectivity index (χ1n) is 12.2. The zero-order valence-electron chi connectivity index (χ0n) is 20.1. The highest BCUT2D eigenvalue weighted by Gasteiger charge is 2.35. The van der Waals surface area contributed by atoms with E-state index < -0.39 is 6.17 Å². The molecule has 3 aromatic rings. The molecule has 3 heterocycles. The third kappa shape index (κ3) is 6.64. The van der Waals surface area contributed by atoms with Crippen molar-refractivity contribution in [1.29, 1.82) is 0 Å². The number of thioether (sulfide) groups is 1. The normalized spacial score (nSPS) is 16.9. The highest BCUT2D eigenvalue weighted by molar-refractivity contribution is 7.99. The number of likely N-dealkylation sites (tertiary alicyclic amines) is 1. The maximum absolute atomic E-state index is 15.6. The Balaban J connectivity index is 1.30. The van der Waals surface area contributed by atoms with Gasteiger partial charge in [0.2, 0.25) is 0 Å². The molecule has 0 aliphatic carbocycles. The molecule has 8 heteroatoms. The van der Waals surface area contributed by atoms with Crippen molar-refractivity contribution in [2.75, 3.05) is 39.1 Å². The molecule has 1 aromatic carbocycles. The Morgan fingerprint density at radius 3 is 2.71 bits per heavy atom. The van der Waals surface area contributed by atoms with Gasteiger partial charge in [-0.15, -0.1) is 11.8 Å². The van der Waals surface area contributed by atoms with Crippen LogP contribution in [0.4, 0.5) is 4.39 Å². The van der Waals surface area contributed by atoms with Crippen LogP contribution in [0.25, 0.3) is 10.9 Å². The Morgan fingerprint density at radius 2 is 2.00 bits per heavy atom. The highest BCUT2D eigenvalue weighted by Crippen LogP contribution is 2.42. The number of fused-ring (bicyclic) bond motifs is 1. The molecule has 188 valence electrons. The standard InChI is InChI=1S/C27H33ClFN3O2S/c1-34-20-3-4-25-22(17-20)26(23(28)18-31-25)24(29)5-8-27(19-33)9-14-32(15-10-27)13-2-16-35-21-6-11-30-12-7-21/h3-4,6-7,11-12,17-18,24,33H,2,5,8-10,13-16,19H2,1H3/t24-/m0/s1. The van der Waals surface area contributed by atoms with Crippen LogP contribution >= 0.6 is 23.4 Å². The van der Waals surface area contributed by atoms with E-state index in [-0.39, 0.29) is 12.0 Å². The number of nitrogens with zero attached hydrogens (tertiary/aromatic N) is 3. The van der Waals surface area contributed by atoms with Gasteiger partial charge in [0.1, 0.15) is 11.9 Å². The summed E-state index contributed by atoms with van der Waals surface area (Å²) in [5.41, 5.74) is 0.924. The Bertz CT molecular complexity index is 1100. The second-order valence-corrected chi connectivity index (χ2v) is 10.9. The molecule has 2 aromatic heterocycles. The molecule has 1 saturated heterocycles. The van der Waals surface area contributed by atoms with Crippen LogP contribution in [0.1, 0.15) is 43.8 Å². The van der Waals surface area contributed by atoms with E-state index in [0.29, 0.717) is 40.1 Å². The average molecular weight is 518 g/mol. The van der Waals surface area contributed by atoms with E-state index in [0.717, 1.165) is 44.6 Å². The molecule has 0 unspecified atom stereocenters. The number of halogens is 2. The second-order valence-electron chi connectivity index (χ2n) is 9.29. The van der Waals surface area contributed by atoms with Crippen molar-refractivity contribution in [3.8, 4) is 5.75 Å². The van der Waals surface area contributed by atoms with Crippen LogP contribution in [0.15, 0.2) is 53.8 Å². The maximum atomic E-state index is 15.6. The van der Waals surface area contributed by atoms with Crippen molar-refractivity contribution in [3.05, 3.63) is 59.5 Å². The molecule has 0 spiro atoms. The van der Waals surface area contributed by atoms with Gasteiger partial charge in [-0.2, -0.15) is 0 Å². The van der Waals surface area contributed by atoms with Crippen LogP contribution in [0.3, 0.4) is 0 Å². The number of hydrogen-bond donors (Lipinski definition) is 1. The summed E-state index contributed by atoms with van der Waals surface area (Å²) in [5, 5.41) is 11.3. The largest absolute Gasteiger partial charge is 0.497 e. The van der Waals surface area contributed by atoms with E-state index in [1.165, 1.54) is 11.1 Å². The number of ether oxygens (including phenoxy) is 1. The molecule has 35 heavy (non-hydrogen) atoms. The fraction of sp³-hybridized carbons (Fsp3) is 0.481. The van der Waals surface area contributed by atoms with Crippen LogP contribution in [0.5, 0.6) is 5.75 Å². The molecule has 1 N–H and O–H groups in total. The summed E-state index contributed by atoms with van der Waals surface area (Å²) in [6, 6.07) is 9.51. The van der Waals surface area contributed by atoms with Crippen LogP contribution in [0, 0.1) is 5.41 Å². The Labute approximate surface area is 216 Å². The van der Waals surface area contributed by atoms with Gasteiger partial charge in [-0.05, 0) is 93.2 Å². The molecule has 0 saturated carbocycles. The molecule has 1 aliphatic rings. The lowest BCUT2D eigenvalue weighted by atomic mass is 9.74. The van der Waals surface area contributed by atoms with Gasteiger partial charge >= 0.3 is 0 Å². The van der Waals surface area contributed by atoms with Gasteiger partial charge in [0.05, 0.1) is 17.6 Å². The quantitative estimate of drug-likeness (QED) is 0.236. The van der Waals surface area contributed by atoms with Crippen molar-refractivity contribution in [2.45, 2.75) is 43.2 Å². The van der Waals surface area contributed by atoms with Crippen molar-refractivity contribution in [2.24, 2.45) is 5.41 Å². The van der Waals surface area contributed by atoms with Crippen LogP contribution in [-0.4, -0.2) is 59.1 Å². The van der Waals surface area contributed by atoms with Crippen molar-refractivity contribution < 1.29 is 14.2 Å². The smallest absolute Gasteiger partial charge is 0.127 e. The molecule has 1 atom stereocenters. The van der Waals surface area contributed by atoms with E-state index in [4.69, 9.17) is 16.3 Å². The predicted octanol–water partition coefficient (Wildman–Crippen LogP) is 6.34. The fourth-order valence-corrected chi connectivity index (χ4v) is 5.93. The molecular weight excluding hydrogens is 485 g/mol. The van der Waals surface area contributed by atoms with Gasteiger partial charge in [-0.25, -0.2) is 4.39 Å². The fourth-order valence-electron chi connectivity index (χ4n) is 4.84. The number of aliphatic hydroxyl groups excluding tert-OH is 1. The molecule has 1 fully saturated rings. The monoisotopic (exact) mass is 517 g/mol. The Kier molecular flexibility index (Phi) is 9.22. The van der Waals surface area contributed by atoms with Gasteiger partial charge in [-0.3, -0.25) is 9.97 Å². The molecule has 4 rings (SSSR count). The minimum Gasteiger partial charge on any atom is -0.497 e. The zero-order valence-corrected chi connectivity index (χ0v) is 21.7. The Hall–Kier alpha value is -1.93. The minimum atomic E-state index is -1.23. The summed E-state index contributed by atoms with van der Waals surface area (Å²) in [4.78, 5) is 12.1. The summed E-state index contributed by atoms with van der Waals surface area (Å²) < 4.78 is 20.9. The number of aliphatic hydroxyl groups is 1. The summed E-state index contributed by atoms with van der Waals surface area (Å²) in [6.45, 7) is 3.01. The SMILES string of the molecule is COc1ccc2ncc(Cl)c([C@@H](F)CCC3(CO)CCN(CCCSc4ccncc4)CC3)c2c1. The lowest BCUT2D eigenvalue weighted by Crippen LogP contribution is -2.42. The van der Waals surface area contributed by atoms with Gasteiger partial charge < -0.3 is 14.7 Å². The van der Waals surface area contributed by atoms with Crippen LogP contribution in [-0.2, 0) is 0 Å². The average Bonchev–Trinajstić information content (AvgIpc) is 2.90. The van der Waals surface area contributed by atoms with Crippen molar-refractivity contribution in [3.63, 3.8) is 0 Å². The first-order valence-corrected chi connectivity index (χ1v) is 13.5. The summed E-state index contributed by atoms with van der Waals surface area (Å²) >= 11 is 8.25. The molecule has 0 amide bonds. The summed E-state index contributed by atoms with van der Waals surface area (Å²) in [5.74, 6) is 1.72. The third-order valence-electron chi connectivity index (χ3n) is 7.10. The number of piperidine rings is 1.